The van der Waals surface area contributed by atoms with Crippen LogP contribution >= 0.6 is 11.8 Å². The molecule has 1 aromatic heterocycles. The van der Waals surface area contributed by atoms with Gasteiger partial charge in [-0.05, 0) is 47.5 Å². The van der Waals surface area contributed by atoms with Gasteiger partial charge in [0.2, 0.25) is 0 Å². The number of nitrogens with one attached hydrogen (secondary N) is 2. The standard InChI is InChI=1S/C23H17N3O2S/c1-28-21-16(7-6-14-4-2-3-5-18(14)21)13-20-22(27)26-23(29-20)25-17-8-9-19-15(12-17)10-11-24-19/h2-13,24H,1H3,(H,25,26,27). The highest BCUT2D eigenvalue weighted by atomic mass is 32.2. The van der Waals surface area contributed by atoms with Gasteiger partial charge < -0.3 is 15.0 Å². The zero-order valence-corrected chi connectivity index (χ0v) is 16.4. The molecule has 6 heteroatoms. The van der Waals surface area contributed by atoms with Crippen LogP contribution in [-0.4, -0.2) is 23.2 Å². The summed E-state index contributed by atoms with van der Waals surface area (Å²) in [4.78, 5) is 20.8. The molecule has 5 rings (SSSR count). The summed E-state index contributed by atoms with van der Waals surface area (Å²) in [7, 11) is 1.65. The molecule has 4 aromatic rings. The van der Waals surface area contributed by atoms with E-state index in [2.05, 4.69) is 15.3 Å². The number of thioether (sulfide) groups is 1. The number of hydrogen-bond acceptors (Lipinski definition) is 4. The van der Waals surface area contributed by atoms with E-state index in [0.717, 1.165) is 38.7 Å². The molecule has 0 saturated carbocycles. The smallest absolute Gasteiger partial charge is 0.264 e. The van der Waals surface area contributed by atoms with Crippen LogP contribution in [0.4, 0.5) is 5.69 Å². The number of nitrogens with zero attached hydrogens (tertiary/aromatic N) is 1. The molecule has 2 heterocycles. The molecule has 1 saturated heterocycles. The first kappa shape index (κ1) is 17.6. The predicted octanol–water partition coefficient (Wildman–Crippen LogP) is 5.22. The lowest BCUT2D eigenvalue weighted by Gasteiger charge is -2.09. The average molecular weight is 399 g/mol. The number of H-pyrrole nitrogens is 1. The maximum atomic E-state index is 12.5. The minimum absolute atomic E-state index is 0.160. The van der Waals surface area contributed by atoms with Crippen molar-refractivity contribution in [3.05, 3.63) is 77.3 Å². The number of benzene rings is 3. The number of aromatic amines is 1. The van der Waals surface area contributed by atoms with Gasteiger partial charge in [0.15, 0.2) is 5.17 Å². The summed E-state index contributed by atoms with van der Waals surface area (Å²) < 4.78 is 5.64. The fourth-order valence-electron chi connectivity index (χ4n) is 3.45. The Bertz CT molecular complexity index is 1320. The van der Waals surface area contributed by atoms with Crippen LogP contribution in [0.1, 0.15) is 5.56 Å². The Balaban J connectivity index is 1.48. The number of amidine groups is 1. The number of aliphatic imine (C=N–C) groups is 1. The van der Waals surface area contributed by atoms with E-state index in [1.165, 1.54) is 11.8 Å². The lowest BCUT2D eigenvalue weighted by Crippen LogP contribution is -2.19. The molecule has 1 amide bonds. The molecular formula is C23H17N3O2S. The Morgan fingerprint density at radius 2 is 1.93 bits per heavy atom. The molecule has 0 bridgehead atoms. The quantitative estimate of drug-likeness (QED) is 0.464. The number of methoxy groups -OCH3 is 1. The second-order valence-electron chi connectivity index (χ2n) is 6.64. The number of aromatic nitrogens is 1. The second kappa shape index (κ2) is 7.14. The van der Waals surface area contributed by atoms with Crippen LogP contribution < -0.4 is 10.1 Å². The molecule has 1 aliphatic rings. The molecule has 1 aliphatic heterocycles. The van der Waals surface area contributed by atoms with E-state index in [1.807, 2.05) is 72.9 Å². The van der Waals surface area contributed by atoms with Crippen molar-refractivity contribution >= 4 is 56.3 Å². The fourth-order valence-corrected chi connectivity index (χ4v) is 4.28. The van der Waals surface area contributed by atoms with Gasteiger partial charge in [0.05, 0.1) is 17.7 Å². The maximum absolute atomic E-state index is 12.5. The fraction of sp³-hybridized carbons (Fsp3) is 0.0435. The van der Waals surface area contributed by atoms with Gasteiger partial charge in [-0.2, -0.15) is 0 Å². The van der Waals surface area contributed by atoms with Crippen LogP contribution in [0.15, 0.2) is 76.8 Å². The number of hydrogen-bond donors (Lipinski definition) is 2. The molecular weight excluding hydrogens is 382 g/mol. The number of amides is 1. The number of carbonyl (C=O) groups is 1. The van der Waals surface area contributed by atoms with Crippen molar-refractivity contribution in [1.29, 1.82) is 0 Å². The van der Waals surface area contributed by atoms with Crippen LogP contribution in [0.3, 0.4) is 0 Å². The first-order valence-electron chi connectivity index (χ1n) is 9.14. The first-order valence-corrected chi connectivity index (χ1v) is 9.95. The Morgan fingerprint density at radius 1 is 1.03 bits per heavy atom. The van der Waals surface area contributed by atoms with Gasteiger partial charge in [0.1, 0.15) is 5.75 Å². The monoisotopic (exact) mass is 399 g/mol. The largest absolute Gasteiger partial charge is 0.495 e. The number of fused-ring (bicyclic) bond motifs is 2. The third kappa shape index (κ3) is 3.28. The predicted molar refractivity (Wildman–Crippen MR) is 120 cm³/mol. The summed E-state index contributed by atoms with van der Waals surface area (Å²) in [5.74, 6) is 0.596. The van der Waals surface area contributed by atoms with E-state index < -0.39 is 0 Å². The van der Waals surface area contributed by atoms with Crippen LogP contribution in [-0.2, 0) is 4.79 Å². The third-order valence-corrected chi connectivity index (χ3v) is 5.73. The van der Waals surface area contributed by atoms with E-state index in [0.29, 0.717) is 10.1 Å². The van der Waals surface area contributed by atoms with E-state index in [-0.39, 0.29) is 5.91 Å². The summed E-state index contributed by atoms with van der Waals surface area (Å²) in [6.45, 7) is 0. The van der Waals surface area contributed by atoms with Gasteiger partial charge >= 0.3 is 0 Å². The molecule has 0 unspecified atom stereocenters. The van der Waals surface area contributed by atoms with Crippen molar-refractivity contribution in [3.63, 3.8) is 0 Å². The molecule has 1 fully saturated rings. The van der Waals surface area contributed by atoms with Crippen molar-refractivity contribution in [2.45, 2.75) is 0 Å². The van der Waals surface area contributed by atoms with E-state index in [1.54, 1.807) is 7.11 Å². The Hall–Kier alpha value is -3.51. The van der Waals surface area contributed by atoms with Crippen LogP contribution in [0.25, 0.3) is 27.8 Å². The van der Waals surface area contributed by atoms with Gasteiger partial charge in [-0.25, -0.2) is 4.99 Å². The lowest BCUT2D eigenvalue weighted by molar-refractivity contribution is -0.115. The van der Waals surface area contributed by atoms with Crippen molar-refractivity contribution in [2.75, 3.05) is 7.11 Å². The van der Waals surface area contributed by atoms with E-state index >= 15 is 0 Å². The van der Waals surface area contributed by atoms with E-state index in [9.17, 15) is 4.79 Å². The summed E-state index contributed by atoms with van der Waals surface area (Å²) in [6.07, 6.45) is 3.74. The average Bonchev–Trinajstić information content (AvgIpc) is 3.33. The molecule has 3 aromatic carbocycles. The molecule has 0 spiro atoms. The summed E-state index contributed by atoms with van der Waals surface area (Å²) in [6, 6.07) is 19.9. The number of ether oxygens (including phenoxy) is 1. The van der Waals surface area contributed by atoms with Gasteiger partial charge in [0.25, 0.3) is 5.91 Å². The summed E-state index contributed by atoms with van der Waals surface area (Å²) in [5.41, 5.74) is 2.71. The highest BCUT2D eigenvalue weighted by Gasteiger charge is 2.24. The van der Waals surface area contributed by atoms with Crippen molar-refractivity contribution in [3.8, 4) is 5.75 Å². The number of carbonyl (C=O) groups excluding carboxylic acids is 1. The Labute approximate surface area is 171 Å². The minimum atomic E-state index is -0.160. The highest BCUT2D eigenvalue weighted by molar-refractivity contribution is 8.18. The maximum Gasteiger partial charge on any atom is 0.264 e. The lowest BCUT2D eigenvalue weighted by atomic mass is 10.0. The van der Waals surface area contributed by atoms with Gasteiger partial charge in [-0.3, -0.25) is 4.79 Å². The van der Waals surface area contributed by atoms with Crippen LogP contribution in [0.2, 0.25) is 0 Å². The minimum Gasteiger partial charge on any atom is -0.495 e. The topological polar surface area (TPSA) is 66.5 Å². The third-order valence-electron chi connectivity index (χ3n) is 4.82. The van der Waals surface area contributed by atoms with Gasteiger partial charge in [-0.15, -0.1) is 0 Å². The highest BCUT2D eigenvalue weighted by Crippen LogP contribution is 2.34. The van der Waals surface area contributed by atoms with Gasteiger partial charge in [-0.1, -0.05) is 36.4 Å². The molecule has 0 radical (unpaired) electrons. The van der Waals surface area contributed by atoms with Crippen LogP contribution in [0.5, 0.6) is 5.75 Å². The van der Waals surface area contributed by atoms with E-state index in [4.69, 9.17) is 4.74 Å². The zero-order valence-electron chi connectivity index (χ0n) is 15.6. The molecule has 29 heavy (non-hydrogen) atoms. The Morgan fingerprint density at radius 3 is 2.83 bits per heavy atom. The number of rotatable bonds is 3. The zero-order chi connectivity index (χ0) is 19.8. The SMILES string of the molecule is COc1c(C=C2SC(=Nc3ccc4[nH]ccc4c3)NC2=O)ccc2ccccc12. The normalized spacial score (nSPS) is 16.8. The molecule has 2 N–H and O–H groups in total. The van der Waals surface area contributed by atoms with Crippen molar-refractivity contribution in [1.82, 2.24) is 10.3 Å². The van der Waals surface area contributed by atoms with Crippen LogP contribution in [0, 0.1) is 0 Å². The molecule has 142 valence electrons. The molecule has 0 aliphatic carbocycles. The van der Waals surface area contributed by atoms with Crippen molar-refractivity contribution in [2.24, 2.45) is 4.99 Å². The van der Waals surface area contributed by atoms with Crippen molar-refractivity contribution < 1.29 is 9.53 Å². The second-order valence-corrected chi connectivity index (χ2v) is 7.67. The summed E-state index contributed by atoms with van der Waals surface area (Å²) >= 11 is 1.33. The summed E-state index contributed by atoms with van der Waals surface area (Å²) in [5, 5.41) is 6.60. The molecule has 0 atom stereocenters. The first-order chi connectivity index (χ1) is 14.2. The Kier molecular flexibility index (Phi) is 4.33. The van der Waals surface area contributed by atoms with Gasteiger partial charge in [0, 0.05) is 28.0 Å². The molecule has 5 nitrogen and oxygen atoms in total.